The maximum atomic E-state index is 9.55. The highest BCUT2D eigenvalue weighted by Gasteiger charge is 2.28. The topological polar surface area (TPSA) is 49.5 Å². The predicted molar refractivity (Wildman–Crippen MR) is 81.7 cm³/mol. The molecular formula is C17H22N2O2. The molecule has 1 saturated heterocycles. The molecule has 21 heavy (non-hydrogen) atoms. The molecule has 0 radical (unpaired) electrons. The highest BCUT2D eigenvalue weighted by Crippen LogP contribution is 2.26. The number of likely N-dealkylation sites (tertiary alicyclic amines) is 1. The highest BCUT2D eigenvalue weighted by atomic mass is 16.5. The number of nitrogens with zero attached hydrogens (tertiary/aromatic N) is 2. The fourth-order valence-electron chi connectivity index (χ4n) is 3.13. The van der Waals surface area contributed by atoms with Gasteiger partial charge in [-0.1, -0.05) is 41.9 Å². The SMILES string of the molecule is CC1CCCC(CO)N1Cc1cc(-c2ccccc2)no1. The Balaban J connectivity index is 1.74. The summed E-state index contributed by atoms with van der Waals surface area (Å²) in [5, 5.41) is 13.7. The molecule has 0 aliphatic carbocycles. The van der Waals surface area contributed by atoms with Crippen LogP contribution in [0.25, 0.3) is 11.3 Å². The molecule has 4 nitrogen and oxygen atoms in total. The van der Waals surface area contributed by atoms with Crippen LogP contribution in [-0.4, -0.2) is 33.9 Å². The van der Waals surface area contributed by atoms with Crippen LogP contribution >= 0.6 is 0 Å². The Morgan fingerprint density at radius 3 is 2.86 bits per heavy atom. The molecule has 4 heteroatoms. The van der Waals surface area contributed by atoms with Crippen molar-refractivity contribution in [3.8, 4) is 11.3 Å². The van der Waals surface area contributed by atoms with Gasteiger partial charge in [0.1, 0.15) is 5.69 Å². The quantitative estimate of drug-likeness (QED) is 0.938. The van der Waals surface area contributed by atoms with Crippen LogP contribution in [0.4, 0.5) is 0 Å². The summed E-state index contributed by atoms with van der Waals surface area (Å²) in [4.78, 5) is 2.33. The highest BCUT2D eigenvalue weighted by molar-refractivity contribution is 5.58. The molecule has 3 rings (SSSR count). The van der Waals surface area contributed by atoms with E-state index >= 15 is 0 Å². The largest absolute Gasteiger partial charge is 0.395 e. The van der Waals surface area contributed by atoms with Gasteiger partial charge in [0.05, 0.1) is 13.2 Å². The van der Waals surface area contributed by atoms with Gasteiger partial charge in [0.25, 0.3) is 0 Å². The van der Waals surface area contributed by atoms with Crippen molar-refractivity contribution < 1.29 is 9.63 Å². The van der Waals surface area contributed by atoms with Crippen molar-refractivity contribution in [1.29, 1.82) is 0 Å². The lowest BCUT2D eigenvalue weighted by molar-refractivity contribution is 0.0384. The van der Waals surface area contributed by atoms with E-state index in [0.29, 0.717) is 12.6 Å². The van der Waals surface area contributed by atoms with Gasteiger partial charge in [0, 0.05) is 23.7 Å². The summed E-state index contributed by atoms with van der Waals surface area (Å²) in [6.45, 7) is 3.15. The fraction of sp³-hybridized carbons (Fsp3) is 0.471. The van der Waals surface area contributed by atoms with E-state index in [1.54, 1.807) is 0 Å². The molecule has 2 unspecified atom stereocenters. The van der Waals surface area contributed by atoms with Crippen LogP contribution in [0.5, 0.6) is 0 Å². The number of aromatic nitrogens is 1. The maximum absolute atomic E-state index is 9.55. The van der Waals surface area contributed by atoms with E-state index in [1.165, 1.54) is 12.8 Å². The average molecular weight is 286 g/mol. The molecule has 1 N–H and O–H groups in total. The van der Waals surface area contributed by atoms with E-state index in [1.807, 2.05) is 36.4 Å². The monoisotopic (exact) mass is 286 g/mol. The standard InChI is InChI=1S/C17H22N2O2/c1-13-6-5-9-15(12-20)19(13)11-16-10-17(18-21-16)14-7-3-2-4-8-14/h2-4,7-8,10,13,15,20H,5-6,9,11-12H2,1H3. The summed E-state index contributed by atoms with van der Waals surface area (Å²) in [6.07, 6.45) is 3.42. The molecule has 1 aliphatic heterocycles. The minimum absolute atomic E-state index is 0.212. The molecular weight excluding hydrogens is 264 g/mol. The Kier molecular flexibility index (Phi) is 4.36. The zero-order valence-corrected chi connectivity index (χ0v) is 12.4. The van der Waals surface area contributed by atoms with E-state index in [-0.39, 0.29) is 12.6 Å². The number of aliphatic hydroxyl groups is 1. The number of benzene rings is 1. The van der Waals surface area contributed by atoms with Crippen LogP contribution in [0.3, 0.4) is 0 Å². The molecule has 1 aromatic carbocycles. The third-order valence-corrected chi connectivity index (χ3v) is 4.37. The minimum Gasteiger partial charge on any atom is -0.395 e. The zero-order chi connectivity index (χ0) is 14.7. The van der Waals surface area contributed by atoms with Gasteiger partial charge >= 0.3 is 0 Å². The van der Waals surface area contributed by atoms with Crippen LogP contribution in [0.15, 0.2) is 40.9 Å². The smallest absolute Gasteiger partial charge is 0.151 e. The van der Waals surface area contributed by atoms with Crippen molar-refractivity contribution in [2.75, 3.05) is 6.61 Å². The minimum atomic E-state index is 0.212. The van der Waals surface area contributed by atoms with E-state index in [2.05, 4.69) is 17.0 Å². The molecule has 2 heterocycles. The second-order valence-corrected chi connectivity index (χ2v) is 5.83. The van der Waals surface area contributed by atoms with E-state index in [0.717, 1.165) is 23.4 Å². The molecule has 112 valence electrons. The number of aliphatic hydroxyl groups excluding tert-OH is 1. The Hall–Kier alpha value is -1.65. The summed E-state index contributed by atoms with van der Waals surface area (Å²) in [5.74, 6) is 0.862. The first-order valence-electron chi connectivity index (χ1n) is 7.65. The third kappa shape index (κ3) is 3.17. The van der Waals surface area contributed by atoms with Gasteiger partial charge < -0.3 is 9.63 Å². The van der Waals surface area contributed by atoms with Gasteiger partial charge in [-0.05, 0) is 19.8 Å². The lowest BCUT2D eigenvalue weighted by Crippen LogP contribution is -2.46. The average Bonchev–Trinajstić information content (AvgIpc) is 2.99. The van der Waals surface area contributed by atoms with Gasteiger partial charge in [-0.3, -0.25) is 4.90 Å². The lowest BCUT2D eigenvalue weighted by atomic mass is 9.96. The second kappa shape index (κ2) is 6.41. The van der Waals surface area contributed by atoms with Crippen LogP contribution in [0.1, 0.15) is 31.9 Å². The van der Waals surface area contributed by atoms with Crippen LogP contribution in [0, 0.1) is 0 Å². The predicted octanol–water partition coefficient (Wildman–Crippen LogP) is 3.08. The van der Waals surface area contributed by atoms with Crippen molar-refractivity contribution in [2.24, 2.45) is 0 Å². The number of rotatable bonds is 4. The summed E-state index contributed by atoms with van der Waals surface area (Å²) in [6, 6.07) is 12.8. The molecule has 1 aliphatic rings. The number of hydrogen-bond acceptors (Lipinski definition) is 4. The normalized spacial score (nSPS) is 23.3. The van der Waals surface area contributed by atoms with Gasteiger partial charge in [-0.25, -0.2) is 0 Å². The van der Waals surface area contributed by atoms with Gasteiger partial charge in [-0.2, -0.15) is 0 Å². The van der Waals surface area contributed by atoms with Crippen molar-refractivity contribution >= 4 is 0 Å². The molecule has 0 saturated carbocycles. The first-order chi connectivity index (χ1) is 10.3. The molecule has 0 amide bonds. The summed E-state index contributed by atoms with van der Waals surface area (Å²) >= 11 is 0. The molecule has 1 fully saturated rings. The molecule has 1 aromatic heterocycles. The zero-order valence-electron chi connectivity index (χ0n) is 12.4. The van der Waals surface area contributed by atoms with Crippen LogP contribution < -0.4 is 0 Å². The van der Waals surface area contributed by atoms with Crippen LogP contribution in [0.2, 0.25) is 0 Å². The van der Waals surface area contributed by atoms with E-state index < -0.39 is 0 Å². The van der Waals surface area contributed by atoms with E-state index in [4.69, 9.17) is 4.52 Å². The first kappa shape index (κ1) is 14.3. The fourth-order valence-corrected chi connectivity index (χ4v) is 3.13. The first-order valence-corrected chi connectivity index (χ1v) is 7.65. The Bertz CT molecular complexity index is 567. The number of piperidine rings is 1. The lowest BCUT2D eigenvalue weighted by Gasteiger charge is -2.39. The third-order valence-electron chi connectivity index (χ3n) is 4.37. The molecule has 0 spiro atoms. The Morgan fingerprint density at radius 2 is 2.10 bits per heavy atom. The summed E-state index contributed by atoms with van der Waals surface area (Å²) in [7, 11) is 0. The van der Waals surface area contributed by atoms with Crippen LogP contribution in [-0.2, 0) is 6.54 Å². The van der Waals surface area contributed by atoms with Gasteiger partial charge in [0.2, 0.25) is 0 Å². The van der Waals surface area contributed by atoms with Crippen molar-refractivity contribution in [3.63, 3.8) is 0 Å². The molecule has 0 bridgehead atoms. The van der Waals surface area contributed by atoms with Crippen molar-refractivity contribution in [1.82, 2.24) is 10.1 Å². The number of hydrogen-bond donors (Lipinski definition) is 1. The summed E-state index contributed by atoms with van der Waals surface area (Å²) < 4.78 is 5.49. The Morgan fingerprint density at radius 1 is 1.29 bits per heavy atom. The van der Waals surface area contributed by atoms with Crippen molar-refractivity contribution in [3.05, 3.63) is 42.2 Å². The second-order valence-electron chi connectivity index (χ2n) is 5.83. The maximum Gasteiger partial charge on any atom is 0.151 e. The van der Waals surface area contributed by atoms with E-state index in [9.17, 15) is 5.11 Å². The van der Waals surface area contributed by atoms with Gasteiger partial charge in [0.15, 0.2) is 5.76 Å². The molecule has 2 atom stereocenters. The molecule has 2 aromatic rings. The van der Waals surface area contributed by atoms with Gasteiger partial charge in [-0.15, -0.1) is 0 Å². The summed E-state index contributed by atoms with van der Waals surface area (Å²) in [5.41, 5.74) is 1.94. The Labute approximate surface area is 125 Å². The van der Waals surface area contributed by atoms with Crippen molar-refractivity contribution in [2.45, 2.75) is 44.8 Å².